The normalized spacial score (nSPS) is 16.5. The Hall–Kier alpha value is -2.54. The Labute approximate surface area is 173 Å². The molecule has 0 aliphatic carbocycles. The number of aliphatic imine (C=N–C) groups is 1. The molecule has 1 saturated heterocycles. The number of benzene rings is 1. The lowest BCUT2D eigenvalue weighted by Crippen LogP contribution is -2.44. The van der Waals surface area contributed by atoms with Crippen LogP contribution in [0.3, 0.4) is 0 Å². The minimum atomic E-state index is 0.283. The molecule has 2 aromatic rings. The van der Waals surface area contributed by atoms with Crippen molar-refractivity contribution in [3.63, 3.8) is 0 Å². The van der Waals surface area contributed by atoms with E-state index in [2.05, 4.69) is 37.6 Å². The summed E-state index contributed by atoms with van der Waals surface area (Å²) in [5, 5.41) is 6.78. The fraction of sp³-hybridized carbons (Fsp3) is 0.545. The Morgan fingerprint density at radius 3 is 2.48 bits per heavy atom. The number of nitrogens with one attached hydrogen (secondary N) is 2. The molecule has 1 atom stereocenters. The molecule has 29 heavy (non-hydrogen) atoms. The fourth-order valence-corrected chi connectivity index (χ4v) is 3.70. The average molecular weight is 400 g/mol. The van der Waals surface area contributed by atoms with E-state index in [1.807, 2.05) is 26.0 Å². The molecule has 7 nitrogen and oxygen atoms in total. The van der Waals surface area contributed by atoms with Crippen molar-refractivity contribution in [3.8, 4) is 5.75 Å². The van der Waals surface area contributed by atoms with Crippen LogP contribution in [0.5, 0.6) is 5.75 Å². The standard InChI is InChI=1S/C22H33N5O2/c1-16-17(2)29-21(26-16)15-25-22(23-3)24-14-20(27-12-6-5-7-13-27)18-8-10-19(28-4)11-9-18/h8-11,20H,5-7,12-15H2,1-4H3,(H2,23,24,25). The highest BCUT2D eigenvalue weighted by molar-refractivity contribution is 5.79. The van der Waals surface area contributed by atoms with Gasteiger partial charge in [0.05, 0.1) is 25.4 Å². The molecule has 1 aromatic heterocycles. The molecule has 2 heterocycles. The van der Waals surface area contributed by atoms with Crippen LogP contribution in [0.4, 0.5) is 0 Å². The Morgan fingerprint density at radius 1 is 1.17 bits per heavy atom. The molecule has 0 bridgehead atoms. The first-order chi connectivity index (χ1) is 14.1. The molecular formula is C22H33N5O2. The summed E-state index contributed by atoms with van der Waals surface area (Å²) in [4.78, 5) is 11.3. The van der Waals surface area contributed by atoms with Gasteiger partial charge in [-0.05, 0) is 57.5 Å². The molecule has 2 N–H and O–H groups in total. The van der Waals surface area contributed by atoms with Crippen LogP contribution in [-0.4, -0.2) is 49.6 Å². The molecule has 1 aliphatic rings. The number of hydrogen-bond donors (Lipinski definition) is 2. The second-order valence-electron chi connectivity index (χ2n) is 7.44. The third-order valence-electron chi connectivity index (χ3n) is 5.50. The highest BCUT2D eigenvalue weighted by atomic mass is 16.5. The maximum Gasteiger partial charge on any atom is 0.214 e. The second kappa shape index (κ2) is 10.3. The maximum absolute atomic E-state index is 5.64. The van der Waals surface area contributed by atoms with Crippen molar-refractivity contribution in [2.24, 2.45) is 4.99 Å². The summed E-state index contributed by atoms with van der Waals surface area (Å²) < 4.78 is 11.0. The lowest BCUT2D eigenvalue weighted by Gasteiger charge is -2.35. The number of aryl methyl sites for hydroxylation is 2. The first-order valence-electron chi connectivity index (χ1n) is 10.4. The molecule has 0 saturated carbocycles. The highest BCUT2D eigenvalue weighted by Gasteiger charge is 2.22. The number of likely N-dealkylation sites (tertiary alicyclic amines) is 1. The summed E-state index contributed by atoms with van der Waals surface area (Å²) in [6, 6.07) is 8.67. The molecule has 0 amide bonds. The van der Waals surface area contributed by atoms with Crippen LogP contribution in [0.25, 0.3) is 0 Å². The number of oxazole rings is 1. The lowest BCUT2D eigenvalue weighted by atomic mass is 10.0. The number of aromatic nitrogens is 1. The van der Waals surface area contributed by atoms with Gasteiger partial charge in [0.1, 0.15) is 11.5 Å². The summed E-state index contributed by atoms with van der Waals surface area (Å²) in [6.45, 7) is 7.41. The number of ether oxygens (including phenoxy) is 1. The minimum absolute atomic E-state index is 0.283. The van der Waals surface area contributed by atoms with Crippen LogP contribution >= 0.6 is 0 Å². The Kier molecular flexibility index (Phi) is 7.52. The molecule has 1 aromatic carbocycles. The molecule has 1 unspecified atom stereocenters. The van der Waals surface area contributed by atoms with Crippen LogP contribution in [0.15, 0.2) is 33.7 Å². The van der Waals surface area contributed by atoms with Crippen molar-refractivity contribution in [2.45, 2.75) is 45.7 Å². The smallest absolute Gasteiger partial charge is 0.214 e. The van der Waals surface area contributed by atoms with Crippen molar-refractivity contribution in [1.82, 2.24) is 20.5 Å². The highest BCUT2D eigenvalue weighted by Crippen LogP contribution is 2.25. The van der Waals surface area contributed by atoms with Gasteiger partial charge in [-0.25, -0.2) is 4.98 Å². The molecule has 3 rings (SSSR count). The van der Waals surface area contributed by atoms with Gasteiger partial charge >= 0.3 is 0 Å². The maximum atomic E-state index is 5.64. The molecule has 0 radical (unpaired) electrons. The first-order valence-corrected chi connectivity index (χ1v) is 10.4. The van der Waals surface area contributed by atoms with Gasteiger partial charge in [-0.1, -0.05) is 18.6 Å². The van der Waals surface area contributed by atoms with Gasteiger partial charge < -0.3 is 19.8 Å². The predicted molar refractivity (Wildman–Crippen MR) is 115 cm³/mol. The SMILES string of the molecule is CN=C(NCc1nc(C)c(C)o1)NCC(c1ccc(OC)cc1)N1CCCCC1. The monoisotopic (exact) mass is 399 g/mol. The number of piperidine rings is 1. The van der Waals surface area contributed by atoms with Gasteiger partial charge in [-0.2, -0.15) is 0 Å². The van der Waals surface area contributed by atoms with E-state index >= 15 is 0 Å². The zero-order valence-corrected chi connectivity index (χ0v) is 18.0. The van der Waals surface area contributed by atoms with E-state index in [1.54, 1.807) is 14.2 Å². The van der Waals surface area contributed by atoms with E-state index < -0.39 is 0 Å². The molecular weight excluding hydrogens is 366 g/mol. The largest absolute Gasteiger partial charge is 0.497 e. The van der Waals surface area contributed by atoms with Gasteiger partial charge in [0.25, 0.3) is 0 Å². The van der Waals surface area contributed by atoms with Gasteiger partial charge in [0, 0.05) is 13.6 Å². The van der Waals surface area contributed by atoms with E-state index in [4.69, 9.17) is 9.15 Å². The van der Waals surface area contributed by atoms with E-state index in [0.29, 0.717) is 12.4 Å². The lowest BCUT2D eigenvalue weighted by molar-refractivity contribution is 0.164. The Morgan fingerprint density at radius 2 is 1.90 bits per heavy atom. The third kappa shape index (κ3) is 5.73. The van der Waals surface area contributed by atoms with Crippen LogP contribution < -0.4 is 15.4 Å². The Balaban J connectivity index is 1.63. The first kappa shape index (κ1) is 21.2. The molecule has 158 valence electrons. The van der Waals surface area contributed by atoms with Gasteiger partial charge in [-0.15, -0.1) is 0 Å². The molecule has 1 aliphatic heterocycles. The summed E-state index contributed by atoms with van der Waals surface area (Å²) in [7, 11) is 3.48. The van der Waals surface area contributed by atoms with Crippen molar-refractivity contribution in [3.05, 3.63) is 47.2 Å². The quantitative estimate of drug-likeness (QED) is 0.550. The van der Waals surface area contributed by atoms with Gasteiger partial charge in [-0.3, -0.25) is 9.89 Å². The number of rotatable bonds is 7. The van der Waals surface area contributed by atoms with Crippen molar-refractivity contribution < 1.29 is 9.15 Å². The van der Waals surface area contributed by atoms with Crippen LogP contribution in [0.2, 0.25) is 0 Å². The van der Waals surface area contributed by atoms with Crippen LogP contribution in [-0.2, 0) is 6.54 Å². The number of methoxy groups -OCH3 is 1. The van der Waals surface area contributed by atoms with E-state index in [1.165, 1.54) is 24.8 Å². The van der Waals surface area contributed by atoms with Crippen LogP contribution in [0, 0.1) is 13.8 Å². The van der Waals surface area contributed by atoms with E-state index in [-0.39, 0.29) is 6.04 Å². The molecule has 0 spiro atoms. The van der Waals surface area contributed by atoms with E-state index in [9.17, 15) is 0 Å². The number of guanidine groups is 1. The zero-order valence-electron chi connectivity index (χ0n) is 18.0. The van der Waals surface area contributed by atoms with Crippen LogP contribution in [0.1, 0.15) is 48.2 Å². The number of hydrogen-bond acceptors (Lipinski definition) is 5. The van der Waals surface area contributed by atoms with Gasteiger partial charge in [0.2, 0.25) is 5.89 Å². The third-order valence-corrected chi connectivity index (χ3v) is 5.50. The topological polar surface area (TPSA) is 74.9 Å². The molecule has 1 fully saturated rings. The van der Waals surface area contributed by atoms with Crippen molar-refractivity contribution >= 4 is 5.96 Å². The van der Waals surface area contributed by atoms with Gasteiger partial charge in [0.15, 0.2) is 5.96 Å². The zero-order chi connectivity index (χ0) is 20.6. The van der Waals surface area contributed by atoms with Crippen molar-refractivity contribution in [2.75, 3.05) is 33.8 Å². The van der Waals surface area contributed by atoms with Crippen molar-refractivity contribution in [1.29, 1.82) is 0 Å². The predicted octanol–water partition coefficient (Wildman–Crippen LogP) is 3.19. The summed E-state index contributed by atoms with van der Waals surface area (Å²) in [5.74, 6) is 3.15. The average Bonchev–Trinajstić information content (AvgIpc) is 3.09. The molecule has 7 heteroatoms. The minimum Gasteiger partial charge on any atom is -0.497 e. The Bertz CT molecular complexity index is 775. The number of nitrogens with zero attached hydrogens (tertiary/aromatic N) is 3. The fourth-order valence-electron chi connectivity index (χ4n) is 3.70. The summed E-state index contributed by atoms with van der Waals surface area (Å²) in [6.07, 6.45) is 3.82. The summed E-state index contributed by atoms with van der Waals surface area (Å²) in [5.41, 5.74) is 2.21. The second-order valence-corrected chi connectivity index (χ2v) is 7.44. The van der Waals surface area contributed by atoms with E-state index in [0.717, 1.165) is 42.8 Å². The summed E-state index contributed by atoms with van der Waals surface area (Å²) >= 11 is 0.